The fourth-order valence-electron chi connectivity index (χ4n) is 1.39. The van der Waals surface area contributed by atoms with Crippen LogP contribution < -0.4 is 0 Å². The molecular weight excluding hydrogens is 194 g/mol. The number of nitriles is 1. The topological polar surface area (TPSA) is 78.2 Å². The van der Waals surface area contributed by atoms with Gasteiger partial charge in [-0.1, -0.05) is 6.07 Å². The van der Waals surface area contributed by atoms with E-state index in [0.29, 0.717) is 28.5 Å². The van der Waals surface area contributed by atoms with Crippen molar-refractivity contribution in [3.63, 3.8) is 0 Å². The molecule has 76 valence electrons. The summed E-state index contributed by atoms with van der Waals surface area (Å²) < 4.78 is 0. The van der Waals surface area contributed by atoms with Crippen LogP contribution in [0.1, 0.15) is 27.0 Å². The fraction of sp³-hybridized carbons (Fsp3) is 0.182. The van der Waals surface area contributed by atoms with Crippen molar-refractivity contribution < 1.29 is 14.7 Å². The van der Waals surface area contributed by atoms with E-state index in [1.54, 1.807) is 6.92 Å². The van der Waals surface area contributed by atoms with Gasteiger partial charge in [0.15, 0.2) is 0 Å². The SMILES string of the molecule is Cc1c(C=O)ccc(C#N)c1CC(=O)O. The van der Waals surface area contributed by atoms with Crippen molar-refractivity contribution in [2.24, 2.45) is 0 Å². The molecule has 4 nitrogen and oxygen atoms in total. The lowest BCUT2D eigenvalue weighted by atomic mass is 9.96. The first-order valence-electron chi connectivity index (χ1n) is 4.29. The lowest BCUT2D eigenvalue weighted by Gasteiger charge is -2.07. The summed E-state index contributed by atoms with van der Waals surface area (Å²) in [5.74, 6) is -1.02. The van der Waals surface area contributed by atoms with Crippen molar-refractivity contribution in [1.82, 2.24) is 0 Å². The molecule has 0 saturated carbocycles. The molecule has 0 radical (unpaired) electrons. The van der Waals surface area contributed by atoms with Crippen LogP contribution >= 0.6 is 0 Å². The van der Waals surface area contributed by atoms with Crippen molar-refractivity contribution in [1.29, 1.82) is 5.26 Å². The van der Waals surface area contributed by atoms with Gasteiger partial charge in [0, 0.05) is 5.56 Å². The molecule has 0 aliphatic heterocycles. The minimum Gasteiger partial charge on any atom is -0.481 e. The number of nitrogens with zero attached hydrogens (tertiary/aromatic N) is 1. The summed E-state index contributed by atoms with van der Waals surface area (Å²) in [7, 11) is 0. The van der Waals surface area contributed by atoms with E-state index in [9.17, 15) is 9.59 Å². The van der Waals surface area contributed by atoms with Gasteiger partial charge in [0.25, 0.3) is 0 Å². The van der Waals surface area contributed by atoms with Crippen molar-refractivity contribution in [2.75, 3.05) is 0 Å². The van der Waals surface area contributed by atoms with Crippen LogP contribution in [0.3, 0.4) is 0 Å². The smallest absolute Gasteiger partial charge is 0.307 e. The van der Waals surface area contributed by atoms with E-state index in [4.69, 9.17) is 10.4 Å². The maximum absolute atomic E-state index is 10.6. The third kappa shape index (κ3) is 2.20. The standard InChI is InChI=1S/C11H9NO3/c1-7-9(6-13)3-2-8(5-12)10(7)4-11(14)15/h2-3,6H,4H2,1H3,(H,14,15). The molecule has 1 rings (SSSR count). The van der Waals surface area contributed by atoms with Crippen LogP contribution in [0, 0.1) is 18.3 Å². The van der Waals surface area contributed by atoms with Gasteiger partial charge in [-0.2, -0.15) is 5.26 Å². The number of carboxylic acid groups (broad SMARTS) is 1. The second-order valence-electron chi connectivity index (χ2n) is 3.11. The number of benzene rings is 1. The molecule has 0 aromatic heterocycles. The summed E-state index contributed by atoms with van der Waals surface area (Å²) in [5, 5.41) is 17.5. The molecule has 15 heavy (non-hydrogen) atoms. The highest BCUT2D eigenvalue weighted by Crippen LogP contribution is 2.17. The minimum absolute atomic E-state index is 0.240. The Morgan fingerprint density at radius 2 is 2.27 bits per heavy atom. The second-order valence-corrected chi connectivity index (χ2v) is 3.11. The van der Waals surface area contributed by atoms with Gasteiger partial charge in [-0.05, 0) is 24.1 Å². The Labute approximate surface area is 86.8 Å². The molecule has 0 fully saturated rings. The Balaban J connectivity index is 3.36. The molecule has 0 aliphatic rings. The molecule has 0 saturated heterocycles. The Morgan fingerprint density at radius 3 is 2.73 bits per heavy atom. The van der Waals surface area contributed by atoms with Crippen LogP contribution in [0.15, 0.2) is 12.1 Å². The van der Waals surface area contributed by atoms with Crippen molar-refractivity contribution in [3.05, 3.63) is 34.4 Å². The summed E-state index contributed by atoms with van der Waals surface area (Å²) in [6.07, 6.45) is 0.415. The molecule has 1 N–H and O–H groups in total. The van der Waals surface area contributed by atoms with Gasteiger partial charge >= 0.3 is 5.97 Å². The zero-order valence-corrected chi connectivity index (χ0v) is 8.15. The van der Waals surface area contributed by atoms with E-state index in [1.165, 1.54) is 12.1 Å². The van der Waals surface area contributed by atoms with Gasteiger partial charge in [-0.15, -0.1) is 0 Å². The number of aliphatic carboxylic acids is 1. The summed E-state index contributed by atoms with van der Waals surface area (Å²) >= 11 is 0. The lowest BCUT2D eigenvalue weighted by Crippen LogP contribution is -2.06. The summed E-state index contributed by atoms with van der Waals surface area (Å²) in [6, 6.07) is 4.90. The quantitative estimate of drug-likeness (QED) is 0.751. The Morgan fingerprint density at radius 1 is 1.60 bits per heavy atom. The van der Waals surface area contributed by atoms with Crippen LogP contribution in [0.25, 0.3) is 0 Å². The van der Waals surface area contributed by atoms with Gasteiger partial charge in [0.2, 0.25) is 0 Å². The zero-order valence-electron chi connectivity index (χ0n) is 8.15. The Hall–Kier alpha value is -2.15. The summed E-state index contributed by atoms with van der Waals surface area (Å²) in [6.45, 7) is 1.64. The van der Waals surface area contributed by atoms with Crippen LogP contribution in [-0.2, 0) is 11.2 Å². The maximum Gasteiger partial charge on any atom is 0.307 e. The largest absolute Gasteiger partial charge is 0.481 e. The first-order valence-corrected chi connectivity index (χ1v) is 4.29. The minimum atomic E-state index is -1.02. The number of rotatable bonds is 3. The molecule has 0 spiro atoms. The molecule has 0 atom stereocenters. The molecule has 4 heteroatoms. The number of aldehydes is 1. The van der Waals surface area contributed by atoms with Gasteiger partial charge in [-0.3, -0.25) is 9.59 Å². The lowest BCUT2D eigenvalue weighted by molar-refractivity contribution is -0.136. The molecule has 0 amide bonds. The third-order valence-electron chi connectivity index (χ3n) is 2.22. The van der Waals surface area contributed by atoms with Crippen LogP contribution in [0.4, 0.5) is 0 Å². The fourth-order valence-corrected chi connectivity index (χ4v) is 1.39. The second kappa shape index (κ2) is 4.38. The molecular formula is C11H9NO3. The first kappa shape index (κ1) is 10.9. The van der Waals surface area contributed by atoms with E-state index in [-0.39, 0.29) is 6.42 Å². The van der Waals surface area contributed by atoms with Gasteiger partial charge < -0.3 is 5.11 Å². The Kier molecular flexibility index (Phi) is 3.19. The zero-order chi connectivity index (χ0) is 11.4. The first-order chi connectivity index (χ1) is 7.10. The average Bonchev–Trinajstić information content (AvgIpc) is 2.20. The van der Waals surface area contributed by atoms with E-state index < -0.39 is 5.97 Å². The molecule has 0 bridgehead atoms. The maximum atomic E-state index is 10.6. The predicted octanol–water partition coefficient (Wildman–Crippen LogP) is 1.31. The third-order valence-corrected chi connectivity index (χ3v) is 2.22. The molecule has 1 aromatic carbocycles. The Bertz CT molecular complexity index is 458. The molecule has 0 heterocycles. The van der Waals surface area contributed by atoms with E-state index in [1.807, 2.05) is 6.07 Å². The number of carbonyl (C=O) groups excluding carboxylic acids is 1. The van der Waals surface area contributed by atoms with Crippen LogP contribution in [0.5, 0.6) is 0 Å². The van der Waals surface area contributed by atoms with E-state index in [2.05, 4.69) is 0 Å². The van der Waals surface area contributed by atoms with Crippen LogP contribution in [-0.4, -0.2) is 17.4 Å². The predicted molar refractivity (Wildman–Crippen MR) is 52.6 cm³/mol. The average molecular weight is 203 g/mol. The van der Waals surface area contributed by atoms with E-state index >= 15 is 0 Å². The summed E-state index contributed by atoms with van der Waals surface area (Å²) in [5.41, 5.74) is 1.70. The van der Waals surface area contributed by atoms with Crippen molar-refractivity contribution >= 4 is 12.3 Å². The molecule has 1 aromatic rings. The van der Waals surface area contributed by atoms with Gasteiger partial charge in [0.05, 0.1) is 18.1 Å². The highest BCUT2D eigenvalue weighted by atomic mass is 16.4. The van der Waals surface area contributed by atoms with Crippen LogP contribution in [0.2, 0.25) is 0 Å². The van der Waals surface area contributed by atoms with Crippen molar-refractivity contribution in [3.8, 4) is 6.07 Å². The molecule has 0 unspecified atom stereocenters. The number of carboxylic acids is 1. The normalized spacial score (nSPS) is 9.33. The highest BCUT2D eigenvalue weighted by molar-refractivity contribution is 5.80. The van der Waals surface area contributed by atoms with Gasteiger partial charge in [-0.25, -0.2) is 0 Å². The van der Waals surface area contributed by atoms with Crippen molar-refractivity contribution in [2.45, 2.75) is 13.3 Å². The molecule has 0 aliphatic carbocycles. The van der Waals surface area contributed by atoms with Gasteiger partial charge in [0.1, 0.15) is 6.29 Å². The number of hydrogen-bond acceptors (Lipinski definition) is 3. The van der Waals surface area contributed by atoms with E-state index in [0.717, 1.165) is 0 Å². The monoisotopic (exact) mass is 203 g/mol. The number of hydrogen-bond donors (Lipinski definition) is 1. The number of carbonyl (C=O) groups is 2. The summed E-state index contributed by atoms with van der Waals surface area (Å²) in [4.78, 5) is 21.2. The highest BCUT2D eigenvalue weighted by Gasteiger charge is 2.12.